The first-order chi connectivity index (χ1) is 16.6. The summed E-state index contributed by atoms with van der Waals surface area (Å²) in [6.45, 7) is 3.96. The Balaban J connectivity index is 1.21. The molecule has 2 saturated heterocycles. The van der Waals surface area contributed by atoms with E-state index in [-0.39, 0.29) is 11.8 Å². The Bertz CT molecular complexity index is 1080. The van der Waals surface area contributed by atoms with E-state index in [2.05, 4.69) is 46.6 Å². The van der Waals surface area contributed by atoms with Crippen LogP contribution in [-0.4, -0.2) is 55.1 Å². The van der Waals surface area contributed by atoms with Gasteiger partial charge in [0.1, 0.15) is 5.54 Å². The van der Waals surface area contributed by atoms with Crippen molar-refractivity contribution >= 4 is 23.2 Å². The summed E-state index contributed by atoms with van der Waals surface area (Å²) in [7, 11) is 0. The number of nitrogens with zero attached hydrogens (tertiary/aromatic N) is 2. The maximum absolute atomic E-state index is 13.8. The van der Waals surface area contributed by atoms with Crippen molar-refractivity contribution in [3.63, 3.8) is 0 Å². The molecule has 1 N–H and O–H groups in total. The van der Waals surface area contributed by atoms with Crippen molar-refractivity contribution in [2.24, 2.45) is 11.8 Å². The van der Waals surface area contributed by atoms with Crippen molar-refractivity contribution in [3.05, 3.63) is 59.7 Å². The van der Waals surface area contributed by atoms with Crippen LogP contribution in [0.2, 0.25) is 0 Å². The molecule has 2 aromatic rings. The van der Waals surface area contributed by atoms with Crippen LogP contribution >= 0.6 is 0 Å². The van der Waals surface area contributed by atoms with Gasteiger partial charge in [0.2, 0.25) is 11.8 Å². The van der Waals surface area contributed by atoms with Crippen LogP contribution in [-0.2, 0) is 27.2 Å². The molecule has 2 aliphatic carbocycles. The molecule has 0 aromatic heterocycles. The zero-order valence-corrected chi connectivity index (χ0v) is 19.7. The first-order valence-corrected chi connectivity index (χ1v) is 12.7. The number of hydrogen-bond acceptors (Lipinski definition) is 4. The van der Waals surface area contributed by atoms with Gasteiger partial charge in [-0.3, -0.25) is 9.59 Å². The van der Waals surface area contributed by atoms with Gasteiger partial charge >= 0.3 is 0 Å². The fraction of sp³-hybridized carbons (Fsp3) is 0.500. The third-order valence-electron chi connectivity index (χ3n) is 8.57. The molecule has 3 fully saturated rings. The average Bonchev–Trinajstić information content (AvgIpc) is 2.87. The summed E-state index contributed by atoms with van der Waals surface area (Å²) >= 11 is 0. The lowest BCUT2D eigenvalue weighted by atomic mass is 9.62. The number of amides is 2. The second-order valence-electron chi connectivity index (χ2n) is 10.4. The number of carbonyl (C=O) groups excluding carboxylic acids is 2. The first kappa shape index (κ1) is 21.7. The van der Waals surface area contributed by atoms with Gasteiger partial charge in [-0.25, -0.2) is 0 Å². The quantitative estimate of drug-likeness (QED) is 0.709. The second-order valence-corrected chi connectivity index (χ2v) is 10.4. The van der Waals surface area contributed by atoms with E-state index >= 15 is 0 Å². The molecule has 4 aliphatic rings. The van der Waals surface area contributed by atoms with E-state index in [0.29, 0.717) is 24.8 Å². The van der Waals surface area contributed by atoms with Gasteiger partial charge in [-0.2, -0.15) is 0 Å². The molecule has 1 unspecified atom stereocenters. The van der Waals surface area contributed by atoms with Gasteiger partial charge in [0, 0.05) is 37.4 Å². The van der Waals surface area contributed by atoms with E-state index < -0.39 is 5.54 Å². The Labute approximate surface area is 201 Å². The molecule has 6 nitrogen and oxygen atoms in total. The second kappa shape index (κ2) is 8.73. The lowest BCUT2D eigenvalue weighted by Gasteiger charge is -2.53. The molecule has 6 rings (SSSR count). The van der Waals surface area contributed by atoms with E-state index in [0.717, 1.165) is 69.8 Å². The molecule has 178 valence electrons. The van der Waals surface area contributed by atoms with Crippen LogP contribution in [0.4, 0.5) is 11.4 Å². The third kappa shape index (κ3) is 3.78. The number of ether oxygens (including phenoxy) is 1. The minimum atomic E-state index is -0.730. The SMILES string of the molecule is O=C1CCN1C1(C(=O)Nc2ccc(N3CCOCC3)cc2)CC[C@@H]2Cc3ccccc3C[C@H]2C1. The largest absolute Gasteiger partial charge is 0.378 e. The number of benzene rings is 2. The number of carbonyl (C=O) groups is 2. The highest BCUT2D eigenvalue weighted by molar-refractivity contribution is 6.01. The number of fused-ring (bicyclic) bond motifs is 2. The van der Waals surface area contributed by atoms with Crippen molar-refractivity contribution in [1.82, 2.24) is 4.90 Å². The summed E-state index contributed by atoms with van der Waals surface area (Å²) in [4.78, 5) is 30.6. The summed E-state index contributed by atoms with van der Waals surface area (Å²) in [6.07, 6.45) is 5.16. The van der Waals surface area contributed by atoms with Crippen molar-refractivity contribution in [2.45, 2.75) is 44.1 Å². The van der Waals surface area contributed by atoms with Crippen molar-refractivity contribution in [1.29, 1.82) is 0 Å². The van der Waals surface area contributed by atoms with Crippen LogP contribution in [0.3, 0.4) is 0 Å². The zero-order valence-electron chi connectivity index (χ0n) is 19.7. The Morgan fingerprint density at radius 1 is 0.941 bits per heavy atom. The fourth-order valence-corrected chi connectivity index (χ4v) is 6.56. The highest BCUT2D eigenvalue weighted by Gasteiger charge is 2.54. The molecule has 2 heterocycles. The van der Waals surface area contributed by atoms with Crippen molar-refractivity contribution < 1.29 is 14.3 Å². The van der Waals surface area contributed by atoms with Crippen LogP contribution < -0.4 is 10.2 Å². The lowest BCUT2D eigenvalue weighted by molar-refractivity contribution is -0.159. The number of likely N-dealkylation sites (tertiary alicyclic amines) is 1. The van der Waals surface area contributed by atoms with Gasteiger partial charge in [-0.05, 0) is 79.3 Å². The number of morpholine rings is 1. The molecular weight excluding hydrogens is 426 g/mol. The highest BCUT2D eigenvalue weighted by Crippen LogP contribution is 2.47. The Kier molecular flexibility index (Phi) is 5.56. The Morgan fingerprint density at radius 3 is 2.29 bits per heavy atom. The van der Waals surface area contributed by atoms with E-state index in [1.807, 2.05) is 17.0 Å². The Morgan fingerprint density at radius 2 is 1.65 bits per heavy atom. The van der Waals surface area contributed by atoms with Crippen LogP contribution in [0.15, 0.2) is 48.5 Å². The maximum atomic E-state index is 13.8. The van der Waals surface area contributed by atoms with Crippen LogP contribution in [0, 0.1) is 11.8 Å². The molecular formula is C28H33N3O3. The molecule has 0 radical (unpaired) electrons. The van der Waals surface area contributed by atoms with Gasteiger partial charge in [-0.1, -0.05) is 24.3 Å². The van der Waals surface area contributed by atoms with Crippen LogP contribution in [0.1, 0.15) is 36.8 Å². The maximum Gasteiger partial charge on any atom is 0.250 e. The average molecular weight is 460 g/mol. The van der Waals surface area contributed by atoms with Gasteiger partial charge in [0.25, 0.3) is 0 Å². The normalized spacial score (nSPS) is 28.5. The predicted molar refractivity (Wildman–Crippen MR) is 132 cm³/mol. The van der Waals surface area contributed by atoms with Crippen molar-refractivity contribution in [2.75, 3.05) is 43.1 Å². The summed E-state index contributed by atoms with van der Waals surface area (Å²) in [5, 5.41) is 3.19. The standard InChI is InChI=1S/C28H33N3O3/c32-26-10-12-31(26)28(11-9-22-17-20-3-1-2-4-21(20)18-23(22)19-28)27(33)29-24-5-7-25(8-6-24)30-13-15-34-16-14-30/h1-8,22-23H,9-19H2,(H,29,33)/t22-,23+,28?/m1/s1. The number of rotatable bonds is 4. The first-order valence-electron chi connectivity index (χ1n) is 12.7. The molecule has 3 atom stereocenters. The zero-order chi connectivity index (χ0) is 23.1. The summed E-state index contributed by atoms with van der Waals surface area (Å²) < 4.78 is 5.45. The third-order valence-corrected chi connectivity index (χ3v) is 8.57. The van der Waals surface area contributed by atoms with E-state index in [1.54, 1.807) is 0 Å². The monoisotopic (exact) mass is 459 g/mol. The number of nitrogens with one attached hydrogen (secondary N) is 1. The van der Waals surface area contributed by atoms with E-state index in [1.165, 1.54) is 11.1 Å². The molecule has 0 bridgehead atoms. The fourth-order valence-electron chi connectivity index (χ4n) is 6.56. The molecule has 2 aliphatic heterocycles. The van der Waals surface area contributed by atoms with Gasteiger partial charge in [0.05, 0.1) is 13.2 Å². The van der Waals surface area contributed by atoms with Crippen molar-refractivity contribution in [3.8, 4) is 0 Å². The Hall–Kier alpha value is -2.86. The van der Waals surface area contributed by atoms with Gasteiger partial charge in [0.15, 0.2) is 0 Å². The minimum absolute atomic E-state index is 0.0167. The summed E-state index contributed by atoms with van der Waals surface area (Å²) in [6, 6.07) is 16.8. The number of β-lactam (4-membered cyclic amide) rings is 1. The van der Waals surface area contributed by atoms with Gasteiger partial charge < -0.3 is 19.9 Å². The van der Waals surface area contributed by atoms with Crippen LogP contribution in [0.5, 0.6) is 0 Å². The number of anilines is 2. The smallest absolute Gasteiger partial charge is 0.250 e. The molecule has 2 amide bonds. The van der Waals surface area contributed by atoms with Crippen LogP contribution in [0.25, 0.3) is 0 Å². The minimum Gasteiger partial charge on any atom is -0.378 e. The number of hydrogen-bond donors (Lipinski definition) is 1. The molecule has 34 heavy (non-hydrogen) atoms. The molecule has 2 aromatic carbocycles. The molecule has 1 saturated carbocycles. The summed E-state index contributed by atoms with van der Waals surface area (Å²) in [5.41, 5.74) is 4.08. The summed E-state index contributed by atoms with van der Waals surface area (Å²) in [5.74, 6) is 1.14. The topological polar surface area (TPSA) is 61.9 Å². The molecule has 0 spiro atoms. The lowest BCUT2D eigenvalue weighted by Crippen LogP contribution is -2.66. The predicted octanol–water partition coefficient (Wildman–Crippen LogP) is 3.65. The van der Waals surface area contributed by atoms with E-state index in [4.69, 9.17) is 4.74 Å². The van der Waals surface area contributed by atoms with E-state index in [9.17, 15) is 9.59 Å². The van der Waals surface area contributed by atoms with Gasteiger partial charge in [-0.15, -0.1) is 0 Å². The highest BCUT2D eigenvalue weighted by atomic mass is 16.5. The molecule has 6 heteroatoms.